The van der Waals surface area contributed by atoms with Crippen LogP contribution in [0, 0.1) is 0 Å². The maximum Gasteiger partial charge on any atom is 0.153 e. The fourth-order valence-electron chi connectivity index (χ4n) is 0.172. The monoisotopic (exact) mass is 163 g/mol. The third kappa shape index (κ3) is 0.714. The molecule has 0 atom stereocenters. The van der Waals surface area contributed by atoms with Crippen molar-refractivity contribution in [1.29, 1.82) is 0 Å². The van der Waals surface area contributed by atoms with Crippen LogP contribution >= 0.6 is 15.9 Å². The zero-order valence-corrected chi connectivity index (χ0v) is 4.67. The number of rotatable bonds is 0. The van der Waals surface area contributed by atoms with Crippen molar-refractivity contribution in [2.45, 2.75) is 0 Å². The van der Waals surface area contributed by atoms with Gasteiger partial charge in [-0.25, -0.2) is 0 Å². The summed E-state index contributed by atoms with van der Waals surface area (Å²) >= 11 is 2.79. The average Bonchev–Trinajstić information content (AvgIpc) is 1.91. The van der Waals surface area contributed by atoms with Crippen molar-refractivity contribution in [2.24, 2.45) is 0 Å². The Bertz CT molecular complexity index is 146. The first-order valence-electron chi connectivity index (χ1n) is 1.45. The first-order chi connectivity index (χ1) is 3.30. The van der Waals surface area contributed by atoms with Gasteiger partial charge in [0, 0.05) is 0 Å². The van der Waals surface area contributed by atoms with Crippen molar-refractivity contribution in [2.75, 3.05) is 0 Å². The minimum Gasteiger partial charge on any atom is -0.542 e. The van der Waals surface area contributed by atoms with Crippen LogP contribution in [0.1, 0.15) is 0 Å². The summed E-state index contributed by atoms with van der Waals surface area (Å²) in [5.74, 6) is -0.542. The van der Waals surface area contributed by atoms with Crippen molar-refractivity contribution >= 4 is 15.9 Å². The lowest BCUT2D eigenvalue weighted by molar-refractivity contribution is -0.298. The van der Waals surface area contributed by atoms with Crippen LogP contribution < -0.4 is 5.11 Å². The summed E-state index contributed by atoms with van der Waals surface area (Å²) in [6.45, 7) is 0. The van der Waals surface area contributed by atoms with Gasteiger partial charge in [0.25, 0.3) is 0 Å². The number of halogens is 1. The summed E-state index contributed by atoms with van der Waals surface area (Å²) in [4.78, 5) is 0. The highest BCUT2D eigenvalue weighted by Gasteiger charge is 1.88. The predicted molar refractivity (Wildman–Crippen MR) is 21.4 cm³/mol. The molecule has 0 spiro atoms. The lowest BCUT2D eigenvalue weighted by atomic mass is 10.9. The van der Waals surface area contributed by atoms with Gasteiger partial charge in [0.05, 0.1) is 0 Å². The summed E-state index contributed by atoms with van der Waals surface area (Å²) in [7, 11) is 0. The van der Waals surface area contributed by atoms with E-state index in [1.807, 2.05) is 0 Å². The molecule has 0 amide bonds. The van der Waals surface area contributed by atoms with E-state index in [0.717, 1.165) is 0 Å². The van der Waals surface area contributed by atoms with Gasteiger partial charge in [-0.05, 0) is 15.9 Å². The molecule has 0 saturated heterocycles. The fourth-order valence-corrected chi connectivity index (χ4v) is 0.309. The van der Waals surface area contributed by atoms with Gasteiger partial charge >= 0.3 is 0 Å². The Morgan fingerprint density at radius 3 is 2.57 bits per heavy atom. The summed E-state index contributed by atoms with van der Waals surface area (Å²) in [5, 5.41) is 16.2. The molecule has 1 rings (SSSR count). The molecule has 4 nitrogen and oxygen atoms in total. The van der Waals surface area contributed by atoms with E-state index >= 15 is 0 Å². The lowest BCUT2D eigenvalue weighted by Crippen LogP contribution is -1.85. The number of nitrogens with zero attached hydrogens (tertiary/aromatic N) is 2. The lowest BCUT2D eigenvalue weighted by Gasteiger charge is -1.84. The van der Waals surface area contributed by atoms with Crippen LogP contribution in [0.15, 0.2) is 9.13 Å². The van der Waals surface area contributed by atoms with E-state index in [2.05, 4.69) is 30.8 Å². The second-order valence-corrected chi connectivity index (χ2v) is 1.60. The second-order valence-electron chi connectivity index (χ2n) is 0.851. The van der Waals surface area contributed by atoms with Gasteiger partial charge in [-0.3, -0.25) is 0 Å². The molecule has 1 aromatic rings. The largest absolute Gasteiger partial charge is 0.542 e. The Balaban J connectivity index is 3.12. The van der Waals surface area contributed by atoms with E-state index in [1.54, 1.807) is 0 Å². The standard InChI is InChI=1S/C2HBrN2O2/c3-1-2(6)7-5-4-1/h6H/p-1. The molecular weight excluding hydrogens is 164 g/mol. The van der Waals surface area contributed by atoms with Crippen molar-refractivity contribution < 1.29 is 9.63 Å². The number of aromatic nitrogens is 2. The third-order valence-corrected chi connectivity index (χ3v) is 0.903. The van der Waals surface area contributed by atoms with Crippen LogP contribution in [0.2, 0.25) is 0 Å². The van der Waals surface area contributed by atoms with Crippen LogP contribution in [0.4, 0.5) is 0 Å². The molecule has 5 heteroatoms. The number of hydrogen-bond acceptors (Lipinski definition) is 4. The number of hydrogen-bond donors (Lipinski definition) is 0. The van der Waals surface area contributed by atoms with Crippen molar-refractivity contribution in [3.8, 4) is 5.95 Å². The summed E-state index contributed by atoms with van der Waals surface area (Å²) in [5.41, 5.74) is 0. The molecule has 0 N–H and O–H groups in total. The topological polar surface area (TPSA) is 62.0 Å². The van der Waals surface area contributed by atoms with E-state index in [4.69, 9.17) is 0 Å². The molecule has 0 saturated carbocycles. The SMILES string of the molecule is [O-]c1onnc1Br. The molecule has 1 heterocycles. The molecule has 0 bridgehead atoms. The molecule has 0 unspecified atom stereocenters. The maximum atomic E-state index is 10.1. The Hall–Kier alpha value is -0.580. The highest BCUT2D eigenvalue weighted by molar-refractivity contribution is 9.10. The first-order valence-corrected chi connectivity index (χ1v) is 2.25. The van der Waals surface area contributed by atoms with Crippen molar-refractivity contribution in [3.63, 3.8) is 0 Å². The molecule has 7 heavy (non-hydrogen) atoms. The zero-order chi connectivity index (χ0) is 5.28. The molecule has 0 fully saturated rings. The summed E-state index contributed by atoms with van der Waals surface area (Å²) in [6, 6.07) is 0. The Morgan fingerprint density at radius 1 is 1.71 bits per heavy atom. The van der Waals surface area contributed by atoms with Crippen molar-refractivity contribution in [1.82, 2.24) is 10.4 Å². The first kappa shape index (κ1) is 4.58. The van der Waals surface area contributed by atoms with Gasteiger partial charge in [-0.2, -0.15) is 0 Å². The van der Waals surface area contributed by atoms with E-state index in [1.165, 1.54) is 0 Å². The highest BCUT2D eigenvalue weighted by atomic mass is 79.9. The molecule has 0 radical (unpaired) electrons. The average molecular weight is 164 g/mol. The van der Waals surface area contributed by atoms with Crippen LogP contribution in [0.3, 0.4) is 0 Å². The summed E-state index contributed by atoms with van der Waals surface area (Å²) in [6.07, 6.45) is 0. The Kier molecular flexibility index (Phi) is 0.976. The van der Waals surface area contributed by atoms with Gasteiger partial charge in [-0.1, -0.05) is 5.27 Å². The second kappa shape index (κ2) is 1.49. The van der Waals surface area contributed by atoms with Gasteiger partial charge in [0.1, 0.15) is 5.95 Å². The van der Waals surface area contributed by atoms with Gasteiger partial charge in [0.15, 0.2) is 4.60 Å². The zero-order valence-electron chi connectivity index (χ0n) is 3.09. The quantitative estimate of drug-likeness (QED) is 0.537. The fraction of sp³-hybridized carbons (Fsp3) is 0. The van der Waals surface area contributed by atoms with Gasteiger partial charge < -0.3 is 9.63 Å². The van der Waals surface area contributed by atoms with Crippen molar-refractivity contribution in [3.05, 3.63) is 4.60 Å². The van der Waals surface area contributed by atoms with E-state index in [9.17, 15) is 5.11 Å². The minimum absolute atomic E-state index is 0.118. The smallest absolute Gasteiger partial charge is 0.153 e. The molecule has 38 valence electrons. The molecule has 0 aliphatic carbocycles. The third-order valence-electron chi connectivity index (χ3n) is 0.421. The predicted octanol–water partition coefficient (Wildman–Crippen LogP) is -0.0943. The summed E-state index contributed by atoms with van der Waals surface area (Å²) < 4.78 is 4.12. The normalized spacial score (nSPS) is 9.29. The van der Waals surface area contributed by atoms with Crippen LogP contribution in [-0.2, 0) is 0 Å². The van der Waals surface area contributed by atoms with Gasteiger partial charge in [0.2, 0.25) is 0 Å². The molecule has 0 aliphatic rings. The van der Waals surface area contributed by atoms with Crippen LogP contribution in [0.25, 0.3) is 0 Å². The van der Waals surface area contributed by atoms with Crippen LogP contribution in [-0.4, -0.2) is 10.4 Å². The molecular formula is C2BrN2O2-. The highest BCUT2D eigenvalue weighted by Crippen LogP contribution is 2.13. The Morgan fingerprint density at radius 2 is 2.43 bits per heavy atom. The van der Waals surface area contributed by atoms with Gasteiger partial charge in [-0.15, -0.1) is 5.10 Å². The van der Waals surface area contributed by atoms with E-state index in [-0.39, 0.29) is 4.60 Å². The molecule has 1 aromatic heterocycles. The molecule has 0 aromatic carbocycles. The maximum absolute atomic E-state index is 10.1. The minimum atomic E-state index is -0.542. The Labute approximate surface area is 47.2 Å². The van der Waals surface area contributed by atoms with E-state index < -0.39 is 5.95 Å². The molecule has 0 aliphatic heterocycles. The van der Waals surface area contributed by atoms with E-state index in [0.29, 0.717) is 0 Å². The van der Waals surface area contributed by atoms with Crippen LogP contribution in [0.5, 0.6) is 5.95 Å².